The summed E-state index contributed by atoms with van der Waals surface area (Å²) in [6.45, 7) is 18.2. The second-order valence-corrected chi connectivity index (χ2v) is 14.9. The van der Waals surface area contributed by atoms with E-state index in [0.717, 1.165) is 5.56 Å². The van der Waals surface area contributed by atoms with Crippen molar-refractivity contribution in [1.29, 1.82) is 0 Å². The number of likely N-dealkylation sites (tertiary alicyclic amines) is 1. The smallest absolute Gasteiger partial charge is 0.306 e. The molecule has 2 N–H and O–H groups in total. The molecule has 3 amide bonds. The molecule has 4 rings (SSSR count). The van der Waals surface area contributed by atoms with Crippen LogP contribution in [0.2, 0.25) is 0 Å². The average molecular weight is 652 g/mol. The van der Waals surface area contributed by atoms with Crippen molar-refractivity contribution in [2.45, 2.75) is 102 Å². The molecule has 10 nitrogen and oxygen atoms in total. The zero-order chi connectivity index (χ0) is 34.6. The Morgan fingerprint density at radius 2 is 1.87 bits per heavy atom. The Hall–Kier alpha value is -3.50. The van der Waals surface area contributed by atoms with Crippen molar-refractivity contribution in [3.8, 4) is 0 Å². The van der Waals surface area contributed by atoms with Gasteiger partial charge in [0.2, 0.25) is 17.7 Å². The fourth-order valence-corrected chi connectivity index (χ4v) is 8.16. The highest BCUT2D eigenvalue weighted by Crippen LogP contribution is 2.59. The summed E-state index contributed by atoms with van der Waals surface area (Å²) in [6.07, 6.45) is 5.46. The molecule has 258 valence electrons. The topological polar surface area (TPSA) is 125 Å². The van der Waals surface area contributed by atoms with Gasteiger partial charge in [0.1, 0.15) is 18.2 Å². The molecular formula is C37H53N3O7. The molecule has 3 saturated heterocycles. The van der Waals surface area contributed by atoms with Gasteiger partial charge in [-0.05, 0) is 56.9 Å². The van der Waals surface area contributed by atoms with Crippen LogP contribution in [0.15, 0.2) is 55.6 Å². The standard InChI is InChI=1S/C37H53N3O7/c1-8-10-17-28(42)46-23-26(25-15-12-11-13-16-25)38-32(43)29-27-18-19-37(47-27)30(29)33(44)39(21-14-22-41)31(37)34(45)40(20-9-2)36(6,7)24-35(3,4)5/h8-9,11-13,15-16,26-27,29-31,41H,1-2,10,14,17-24H2,3-7H3,(H,38,43)/t26-,27-,29+,30+,31-,37+/m1/s1. The summed E-state index contributed by atoms with van der Waals surface area (Å²) < 4.78 is 12.2. The van der Waals surface area contributed by atoms with E-state index < -0.39 is 47.1 Å². The molecule has 3 fully saturated rings. The van der Waals surface area contributed by atoms with E-state index in [2.05, 4.69) is 39.2 Å². The van der Waals surface area contributed by atoms with Gasteiger partial charge in [0.05, 0.1) is 24.0 Å². The molecule has 0 radical (unpaired) electrons. The summed E-state index contributed by atoms with van der Waals surface area (Å²) in [7, 11) is 0. The van der Waals surface area contributed by atoms with Gasteiger partial charge in [0.15, 0.2) is 0 Å². The molecule has 6 atom stereocenters. The predicted molar refractivity (Wildman–Crippen MR) is 179 cm³/mol. The lowest BCUT2D eigenvalue weighted by molar-refractivity contribution is -0.153. The normalized spacial score (nSPS) is 25.7. The maximum atomic E-state index is 14.8. The van der Waals surface area contributed by atoms with E-state index in [1.54, 1.807) is 22.0 Å². The summed E-state index contributed by atoms with van der Waals surface area (Å²) in [5.41, 5.74) is -1.06. The van der Waals surface area contributed by atoms with Crippen LogP contribution in [-0.4, -0.2) is 88.2 Å². The summed E-state index contributed by atoms with van der Waals surface area (Å²) in [5.74, 6) is -3.01. The summed E-state index contributed by atoms with van der Waals surface area (Å²) in [6, 6.07) is 7.66. The number of fused-ring (bicyclic) bond motifs is 1. The maximum absolute atomic E-state index is 14.8. The van der Waals surface area contributed by atoms with Crippen molar-refractivity contribution >= 4 is 23.7 Å². The van der Waals surface area contributed by atoms with Crippen LogP contribution in [0.4, 0.5) is 0 Å². The van der Waals surface area contributed by atoms with Gasteiger partial charge in [-0.2, -0.15) is 0 Å². The first-order valence-corrected chi connectivity index (χ1v) is 16.8. The number of benzene rings is 1. The zero-order valence-electron chi connectivity index (χ0n) is 28.7. The molecule has 0 aliphatic carbocycles. The number of hydrogen-bond acceptors (Lipinski definition) is 7. The lowest BCUT2D eigenvalue weighted by Crippen LogP contribution is -2.61. The molecule has 3 aliphatic rings. The van der Waals surface area contributed by atoms with E-state index in [9.17, 15) is 24.3 Å². The lowest BCUT2D eigenvalue weighted by atomic mass is 9.70. The van der Waals surface area contributed by atoms with Crippen molar-refractivity contribution < 1.29 is 33.8 Å². The van der Waals surface area contributed by atoms with E-state index in [1.807, 2.05) is 44.2 Å². The van der Waals surface area contributed by atoms with Crippen LogP contribution < -0.4 is 5.32 Å². The van der Waals surface area contributed by atoms with Gasteiger partial charge in [-0.15, -0.1) is 13.2 Å². The average Bonchev–Trinajstić information content (AvgIpc) is 3.65. The molecule has 1 spiro atoms. The van der Waals surface area contributed by atoms with Gasteiger partial charge < -0.3 is 29.7 Å². The third-order valence-corrected chi connectivity index (χ3v) is 9.65. The number of ether oxygens (including phenoxy) is 2. The fourth-order valence-electron chi connectivity index (χ4n) is 8.16. The molecule has 0 saturated carbocycles. The van der Waals surface area contributed by atoms with Crippen LogP contribution in [-0.2, 0) is 28.7 Å². The largest absolute Gasteiger partial charge is 0.463 e. The number of hydrogen-bond donors (Lipinski definition) is 2. The number of nitrogens with zero attached hydrogens (tertiary/aromatic N) is 2. The second kappa shape index (κ2) is 14.7. The van der Waals surface area contributed by atoms with Crippen LogP contribution in [0.3, 0.4) is 0 Å². The monoisotopic (exact) mass is 651 g/mol. The fraction of sp³-hybridized carbons (Fsp3) is 0.622. The number of amides is 3. The number of allylic oxidation sites excluding steroid dienone is 1. The number of carbonyl (C=O) groups excluding carboxylic acids is 4. The summed E-state index contributed by atoms with van der Waals surface area (Å²) in [4.78, 5) is 59.0. The second-order valence-electron chi connectivity index (χ2n) is 14.9. The molecule has 0 aromatic heterocycles. The summed E-state index contributed by atoms with van der Waals surface area (Å²) >= 11 is 0. The number of esters is 1. The van der Waals surface area contributed by atoms with Crippen LogP contribution in [0.25, 0.3) is 0 Å². The first-order valence-electron chi connectivity index (χ1n) is 16.8. The van der Waals surface area contributed by atoms with Gasteiger partial charge in [-0.3, -0.25) is 19.2 Å². The number of aliphatic hydroxyl groups is 1. The minimum absolute atomic E-state index is 0.0726. The van der Waals surface area contributed by atoms with Gasteiger partial charge in [0.25, 0.3) is 0 Å². The molecule has 1 aromatic rings. The van der Waals surface area contributed by atoms with Gasteiger partial charge in [-0.25, -0.2) is 0 Å². The van der Waals surface area contributed by atoms with Gasteiger partial charge in [-0.1, -0.05) is 63.3 Å². The Labute approximate surface area is 279 Å². The molecule has 2 bridgehead atoms. The number of aliphatic hydroxyl groups excluding tert-OH is 1. The van der Waals surface area contributed by atoms with Crippen molar-refractivity contribution in [2.75, 3.05) is 26.3 Å². The number of carbonyl (C=O) groups is 4. The molecule has 3 aliphatic heterocycles. The number of nitrogens with one attached hydrogen (secondary N) is 1. The Balaban J connectivity index is 1.66. The van der Waals surface area contributed by atoms with Crippen LogP contribution in [0.1, 0.15) is 84.7 Å². The first-order chi connectivity index (χ1) is 22.2. The van der Waals surface area contributed by atoms with E-state index in [4.69, 9.17) is 9.47 Å². The SMILES string of the molecule is C=CCCC(=O)OC[C@@H](NC(=O)[C@@H]1[C@H]2C(=O)N(CCCO)[C@H](C(=O)N(CC=C)C(C)(C)CC(C)(C)C)[C@]23CC[C@H]1O3)c1ccccc1. The number of rotatable bonds is 16. The Kier molecular flexibility index (Phi) is 11.4. The van der Waals surface area contributed by atoms with Crippen molar-refractivity contribution in [3.63, 3.8) is 0 Å². The predicted octanol–water partition coefficient (Wildman–Crippen LogP) is 4.34. The van der Waals surface area contributed by atoms with E-state index >= 15 is 0 Å². The third-order valence-electron chi connectivity index (χ3n) is 9.65. The van der Waals surface area contributed by atoms with Crippen molar-refractivity contribution in [1.82, 2.24) is 15.1 Å². The Morgan fingerprint density at radius 1 is 1.17 bits per heavy atom. The van der Waals surface area contributed by atoms with E-state index in [0.29, 0.717) is 38.6 Å². The molecule has 0 unspecified atom stereocenters. The van der Waals surface area contributed by atoms with E-state index in [-0.39, 0.29) is 49.3 Å². The van der Waals surface area contributed by atoms with Crippen LogP contribution >= 0.6 is 0 Å². The Morgan fingerprint density at radius 3 is 2.49 bits per heavy atom. The van der Waals surface area contributed by atoms with E-state index in [1.165, 1.54) is 0 Å². The lowest BCUT2D eigenvalue weighted by Gasteiger charge is -2.45. The molecule has 47 heavy (non-hydrogen) atoms. The minimum Gasteiger partial charge on any atom is -0.463 e. The van der Waals surface area contributed by atoms with Crippen molar-refractivity contribution in [3.05, 3.63) is 61.2 Å². The molecular weight excluding hydrogens is 598 g/mol. The van der Waals surface area contributed by atoms with Gasteiger partial charge >= 0.3 is 5.97 Å². The minimum atomic E-state index is -1.17. The summed E-state index contributed by atoms with van der Waals surface area (Å²) in [5, 5.41) is 12.8. The highest BCUT2D eigenvalue weighted by molar-refractivity contribution is 5.99. The van der Waals surface area contributed by atoms with Crippen LogP contribution in [0, 0.1) is 17.3 Å². The highest BCUT2D eigenvalue weighted by Gasteiger charge is 2.74. The molecule has 10 heteroatoms. The quantitative estimate of drug-likeness (QED) is 0.201. The van der Waals surface area contributed by atoms with Crippen molar-refractivity contribution in [2.24, 2.45) is 17.3 Å². The highest BCUT2D eigenvalue weighted by atomic mass is 16.5. The maximum Gasteiger partial charge on any atom is 0.306 e. The molecule has 3 heterocycles. The Bertz CT molecular complexity index is 1320. The van der Waals surface area contributed by atoms with Gasteiger partial charge in [0, 0.05) is 31.7 Å². The first kappa shape index (κ1) is 36.3. The third kappa shape index (κ3) is 7.64. The molecule has 1 aromatic carbocycles. The zero-order valence-corrected chi connectivity index (χ0v) is 28.7. The van der Waals surface area contributed by atoms with Crippen LogP contribution in [0.5, 0.6) is 0 Å².